The molecule has 1 atom stereocenters. The molecule has 0 aliphatic rings. The second-order valence-electron chi connectivity index (χ2n) is 3.47. The standard InChI is InChI=1S/C9H13ClN4O/c1-5(2)7(11)8(15)13-6-3-4-12-9(10)14-6/h3-5,7H,11H2,1-2H3,(H,12,13,14,15)/t7-/m0/s1. The average Bonchev–Trinajstić information content (AvgIpc) is 2.16. The van der Waals surface area contributed by atoms with E-state index in [1.807, 2.05) is 13.8 Å². The predicted molar refractivity (Wildman–Crippen MR) is 58.5 cm³/mol. The number of hydrogen-bond donors (Lipinski definition) is 2. The van der Waals surface area contributed by atoms with Crippen molar-refractivity contribution < 1.29 is 4.79 Å². The molecule has 82 valence electrons. The number of carbonyl (C=O) groups excluding carboxylic acids is 1. The van der Waals surface area contributed by atoms with Crippen LogP contribution in [0.5, 0.6) is 0 Å². The smallest absolute Gasteiger partial charge is 0.242 e. The summed E-state index contributed by atoms with van der Waals surface area (Å²) in [6, 6.07) is 0.996. The molecule has 0 fully saturated rings. The molecule has 1 rings (SSSR count). The van der Waals surface area contributed by atoms with E-state index in [1.54, 1.807) is 6.07 Å². The summed E-state index contributed by atoms with van der Waals surface area (Å²) in [5, 5.41) is 2.65. The lowest BCUT2D eigenvalue weighted by atomic mass is 10.1. The first kappa shape index (κ1) is 11.9. The molecule has 1 amide bonds. The highest BCUT2D eigenvalue weighted by atomic mass is 35.5. The van der Waals surface area contributed by atoms with Crippen LogP contribution in [0.4, 0.5) is 5.82 Å². The Balaban J connectivity index is 2.66. The Kier molecular flexibility index (Phi) is 3.99. The lowest BCUT2D eigenvalue weighted by Crippen LogP contribution is -2.39. The Labute approximate surface area is 93.0 Å². The van der Waals surface area contributed by atoms with Gasteiger partial charge >= 0.3 is 0 Å². The number of anilines is 1. The topological polar surface area (TPSA) is 80.9 Å². The monoisotopic (exact) mass is 228 g/mol. The van der Waals surface area contributed by atoms with Crippen molar-refractivity contribution in [2.75, 3.05) is 5.32 Å². The van der Waals surface area contributed by atoms with Gasteiger partial charge in [0.15, 0.2) is 0 Å². The molecular formula is C9H13ClN4O. The third-order valence-corrected chi connectivity index (χ3v) is 2.08. The first-order valence-corrected chi connectivity index (χ1v) is 4.93. The van der Waals surface area contributed by atoms with Crippen LogP contribution < -0.4 is 11.1 Å². The number of halogens is 1. The molecule has 0 bridgehead atoms. The van der Waals surface area contributed by atoms with Gasteiger partial charge in [0.05, 0.1) is 6.04 Å². The summed E-state index contributed by atoms with van der Waals surface area (Å²) in [4.78, 5) is 19.0. The summed E-state index contributed by atoms with van der Waals surface area (Å²) < 4.78 is 0. The maximum Gasteiger partial charge on any atom is 0.242 e. The van der Waals surface area contributed by atoms with Gasteiger partial charge in [0.2, 0.25) is 11.2 Å². The first-order valence-electron chi connectivity index (χ1n) is 4.55. The third-order valence-electron chi connectivity index (χ3n) is 1.90. The molecule has 0 aliphatic heterocycles. The molecule has 0 saturated heterocycles. The molecular weight excluding hydrogens is 216 g/mol. The van der Waals surface area contributed by atoms with E-state index in [2.05, 4.69) is 15.3 Å². The summed E-state index contributed by atoms with van der Waals surface area (Å²) in [5.74, 6) is 0.151. The van der Waals surface area contributed by atoms with Crippen LogP contribution in [0, 0.1) is 5.92 Å². The number of nitrogens with zero attached hydrogens (tertiary/aromatic N) is 2. The quantitative estimate of drug-likeness (QED) is 0.758. The van der Waals surface area contributed by atoms with Crippen LogP contribution in [0.25, 0.3) is 0 Å². The van der Waals surface area contributed by atoms with Gasteiger partial charge in [-0.2, -0.15) is 0 Å². The molecule has 0 radical (unpaired) electrons. The maximum atomic E-state index is 11.5. The average molecular weight is 229 g/mol. The van der Waals surface area contributed by atoms with Crippen LogP contribution in [-0.4, -0.2) is 21.9 Å². The molecule has 5 nitrogen and oxygen atoms in total. The molecule has 1 aromatic heterocycles. The number of amides is 1. The summed E-state index contributed by atoms with van der Waals surface area (Å²) in [6.45, 7) is 3.74. The van der Waals surface area contributed by atoms with Crippen molar-refractivity contribution in [3.05, 3.63) is 17.5 Å². The van der Waals surface area contributed by atoms with Gasteiger partial charge in [-0.3, -0.25) is 4.79 Å². The van der Waals surface area contributed by atoms with Crippen molar-refractivity contribution in [2.24, 2.45) is 11.7 Å². The fraction of sp³-hybridized carbons (Fsp3) is 0.444. The molecule has 0 saturated carbocycles. The number of carbonyl (C=O) groups is 1. The molecule has 1 heterocycles. The highest BCUT2D eigenvalue weighted by Crippen LogP contribution is 2.07. The normalized spacial score (nSPS) is 12.6. The van der Waals surface area contributed by atoms with Crippen molar-refractivity contribution in [3.8, 4) is 0 Å². The maximum absolute atomic E-state index is 11.5. The van der Waals surface area contributed by atoms with Crippen LogP contribution in [-0.2, 0) is 4.79 Å². The van der Waals surface area contributed by atoms with Gasteiger partial charge in [0.25, 0.3) is 0 Å². The Morgan fingerprint density at radius 3 is 2.80 bits per heavy atom. The second-order valence-corrected chi connectivity index (χ2v) is 3.81. The zero-order valence-corrected chi connectivity index (χ0v) is 9.32. The molecule has 3 N–H and O–H groups in total. The van der Waals surface area contributed by atoms with Crippen LogP contribution in [0.1, 0.15) is 13.8 Å². The van der Waals surface area contributed by atoms with Crippen molar-refractivity contribution in [1.29, 1.82) is 0 Å². The molecule has 0 spiro atoms. The van der Waals surface area contributed by atoms with E-state index < -0.39 is 6.04 Å². The highest BCUT2D eigenvalue weighted by molar-refractivity contribution is 6.28. The number of rotatable bonds is 3. The summed E-state index contributed by atoms with van der Waals surface area (Å²) >= 11 is 5.57. The molecule has 0 aliphatic carbocycles. The molecule has 15 heavy (non-hydrogen) atoms. The van der Waals surface area contributed by atoms with Crippen molar-refractivity contribution in [3.63, 3.8) is 0 Å². The Morgan fingerprint density at radius 2 is 2.27 bits per heavy atom. The Morgan fingerprint density at radius 1 is 1.60 bits per heavy atom. The lowest BCUT2D eigenvalue weighted by molar-refractivity contribution is -0.118. The summed E-state index contributed by atoms with van der Waals surface area (Å²) in [7, 11) is 0. The zero-order chi connectivity index (χ0) is 11.4. The van der Waals surface area contributed by atoms with Crippen LogP contribution >= 0.6 is 11.6 Å². The van der Waals surface area contributed by atoms with E-state index in [0.717, 1.165) is 0 Å². The fourth-order valence-electron chi connectivity index (χ4n) is 0.917. The SMILES string of the molecule is CC(C)[C@H](N)C(=O)Nc1ccnc(Cl)n1. The zero-order valence-electron chi connectivity index (χ0n) is 8.57. The number of nitrogens with two attached hydrogens (primary N) is 1. The van der Waals surface area contributed by atoms with E-state index >= 15 is 0 Å². The minimum Gasteiger partial charge on any atom is -0.320 e. The molecule has 0 unspecified atom stereocenters. The van der Waals surface area contributed by atoms with Crippen LogP contribution in [0.2, 0.25) is 5.28 Å². The van der Waals surface area contributed by atoms with Gasteiger partial charge in [-0.1, -0.05) is 13.8 Å². The third kappa shape index (κ3) is 3.45. The lowest BCUT2D eigenvalue weighted by Gasteiger charge is -2.14. The largest absolute Gasteiger partial charge is 0.320 e. The minimum atomic E-state index is -0.557. The molecule has 6 heteroatoms. The summed E-state index contributed by atoms with van der Waals surface area (Å²) in [6.07, 6.45) is 1.46. The number of aromatic nitrogens is 2. The van der Waals surface area contributed by atoms with Crippen LogP contribution in [0.3, 0.4) is 0 Å². The Bertz CT molecular complexity index is 356. The molecule has 1 aromatic rings. The highest BCUT2D eigenvalue weighted by Gasteiger charge is 2.17. The van der Waals surface area contributed by atoms with E-state index in [0.29, 0.717) is 5.82 Å². The van der Waals surface area contributed by atoms with Crippen molar-refractivity contribution >= 4 is 23.3 Å². The number of hydrogen-bond acceptors (Lipinski definition) is 4. The predicted octanol–water partition coefficient (Wildman–Crippen LogP) is 1.05. The van der Waals surface area contributed by atoms with Crippen LogP contribution in [0.15, 0.2) is 12.3 Å². The minimum absolute atomic E-state index is 0.0716. The number of nitrogens with one attached hydrogen (secondary N) is 1. The van der Waals surface area contributed by atoms with Gasteiger partial charge < -0.3 is 11.1 Å². The van der Waals surface area contributed by atoms with Gasteiger partial charge in [-0.05, 0) is 23.6 Å². The van der Waals surface area contributed by atoms with Gasteiger partial charge in [0.1, 0.15) is 5.82 Å². The van der Waals surface area contributed by atoms with E-state index in [9.17, 15) is 4.79 Å². The van der Waals surface area contributed by atoms with E-state index in [4.69, 9.17) is 17.3 Å². The second kappa shape index (κ2) is 5.04. The van der Waals surface area contributed by atoms with Crippen molar-refractivity contribution in [1.82, 2.24) is 9.97 Å². The molecule has 0 aromatic carbocycles. The fourth-order valence-corrected chi connectivity index (χ4v) is 1.06. The summed E-state index contributed by atoms with van der Waals surface area (Å²) in [5.41, 5.74) is 5.66. The van der Waals surface area contributed by atoms with E-state index in [-0.39, 0.29) is 17.1 Å². The van der Waals surface area contributed by atoms with Crippen molar-refractivity contribution in [2.45, 2.75) is 19.9 Å². The van der Waals surface area contributed by atoms with Gasteiger partial charge in [-0.25, -0.2) is 9.97 Å². The first-order chi connectivity index (χ1) is 7.00. The Hall–Kier alpha value is -1.20. The van der Waals surface area contributed by atoms with Gasteiger partial charge in [-0.15, -0.1) is 0 Å². The van der Waals surface area contributed by atoms with E-state index in [1.165, 1.54) is 6.20 Å². The van der Waals surface area contributed by atoms with Gasteiger partial charge in [0, 0.05) is 6.20 Å².